The molecule has 1 aromatic carbocycles. The van der Waals surface area contributed by atoms with Crippen molar-refractivity contribution in [2.45, 2.75) is 19.3 Å². The Hall–Kier alpha value is -1.89. The third-order valence-corrected chi connectivity index (χ3v) is 3.23. The van der Waals surface area contributed by atoms with Crippen LogP contribution in [0.15, 0.2) is 48.7 Å². The van der Waals surface area contributed by atoms with Gasteiger partial charge in [-0.05, 0) is 48.1 Å². The fourth-order valence-electron chi connectivity index (χ4n) is 2.41. The molecule has 2 aromatic rings. The molecule has 0 bridgehead atoms. The van der Waals surface area contributed by atoms with E-state index in [2.05, 4.69) is 47.5 Å². The van der Waals surface area contributed by atoms with Gasteiger partial charge in [-0.2, -0.15) is 0 Å². The summed E-state index contributed by atoms with van der Waals surface area (Å²) in [5.41, 5.74) is 5.22. The number of hydrogen-bond acceptors (Lipinski definition) is 1. The van der Waals surface area contributed by atoms with Crippen LogP contribution in [0.2, 0.25) is 0 Å². The predicted molar refractivity (Wildman–Crippen MR) is 71.5 cm³/mol. The largest absolute Gasteiger partial charge is 0.256 e. The highest BCUT2D eigenvalue weighted by molar-refractivity contribution is 5.81. The molecule has 0 saturated heterocycles. The highest BCUT2D eigenvalue weighted by Gasteiger charge is 2.14. The molecule has 0 saturated carbocycles. The second-order valence-corrected chi connectivity index (χ2v) is 4.44. The molecule has 1 aliphatic rings. The Morgan fingerprint density at radius 1 is 0.941 bits per heavy atom. The maximum absolute atomic E-state index is 4.53. The van der Waals surface area contributed by atoms with Crippen LogP contribution in [0.4, 0.5) is 0 Å². The normalized spacial score (nSPS) is 16.8. The first-order valence-corrected chi connectivity index (χ1v) is 6.13. The molecule has 0 radical (unpaired) electrons. The Balaban J connectivity index is 2.03. The molecule has 0 N–H and O–H groups in total. The Kier molecular flexibility index (Phi) is 2.74. The average molecular weight is 221 g/mol. The monoisotopic (exact) mass is 221 g/mol. The minimum Gasteiger partial charge on any atom is -0.256 e. The van der Waals surface area contributed by atoms with Crippen molar-refractivity contribution in [1.82, 2.24) is 4.98 Å². The third kappa shape index (κ3) is 2.14. The Bertz CT molecular complexity index is 540. The van der Waals surface area contributed by atoms with E-state index in [1.54, 1.807) is 0 Å². The van der Waals surface area contributed by atoms with Gasteiger partial charge in [-0.25, -0.2) is 0 Å². The first-order valence-electron chi connectivity index (χ1n) is 6.13. The molecule has 3 rings (SSSR count). The van der Waals surface area contributed by atoms with Gasteiger partial charge < -0.3 is 0 Å². The molecule has 1 heterocycles. The molecular formula is C16H15N. The maximum Gasteiger partial charge on any atom is 0.0693 e. The quantitative estimate of drug-likeness (QED) is 0.710. The summed E-state index contributed by atoms with van der Waals surface area (Å²) in [5.74, 6) is 0. The van der Waals surface area contributed by atoms with E-state index in [0.717, 1.165) is 12.8 Å². The first-order chi connectivity index (χ1) is 8.43. The summed E-state index contributed by atoms with van der Waals surface area (Å²) in [7, 11) is 0. The molecule has 1 aliphatic carbocycles. The van der Waals surface area contributed by atoms with Crippen molar-refractivity contribution in [3.05, 3.63) is 65.5 Å². The van der Waals surface area contributed by atoms with Gasteiger partial charge in [0, 0.05) is 6.20 Å². The van der Waals surface area contributed by atoms with Gasteiger partial charge in [-0.3, -0.25) is 4.98 Å². The lowest BCUT2D eigenvalue weighted by molar-refractivity contribution is 0.811. The number of rotatable bonds is 1. The van der Waals surface area contributed by atoms with Crippen LogP contribution in [0.1, 0.15) is 29.7 Å². The third-order valence-electron chi connectivity index (χ3n) is 3.23. The van der Waals surface area contributed by atoms with Crippen molar-refractivity contribution in [2.24, 2.45) is 0 Å². The van der Waals surface area contributed by atoms with Crippen LogP contribution in [0.3, 0.4) is 0 Å². The number of pyridine rings is 1. The number of fused-ring (bicyclic) bond motifs is 1. The zero-order valence-electron chi connectivity index (χ0n) is 9.76. The van der Waals surface area contributed by atoms with Gasteiger partial charge in [-0.15, -0.1) is 0 Å². The highest BCUT2D eigenvalue weighted by Crippen LogP contribution is 2.30. The second kappa shape index (κ2) is 4.54. The lowest BCUT2D eigenvalue weighted by Crippen LogP contribution is -2.03. The minimum atomic E-state index is 1.14. The molecule has 0 spiro atoms. The van der Waals surface area contributed by atoms with E-state index < -0.39 is 0 Å². The van der Waals surface area contributed by atoms with E-state index in [-0.39, 0.29) is 0 Å². The van der Waals surface area contributed by atoms with Gasteiger partial charge in [0.2, 0.25) is 0 Å². The van der Waals surface area contributed by atoms with Crippen LogP contribution < -0.4 is 0 Å². The van der Waals surface area contributed by atoms with Crippen LogP contribution in [0, 0.1) is 0 Å². The zero-order valence-corrected chi connectivity index (χ0v) is 9.76. The number of hydrogen-bond donors (Lipinski definition) is 0. The van der Waals surface area contributed by atoms with Crippen LogP contribution in [0.25, 0.3) is 11.6 Å². The fraction of sp³-hybridized carbons (Fsp3) is 0.188. The fourth-order valence-corrected chi connectivity index (χ4v) is 2.41. The summed E-state index contributed by atoms with van der Waals surface area (Å²) in [6.45, 7) is 0. The lowest BCUT2D eigenvalue weighted by atomic mass is 9.90. The van der Waals surface area contributed by atoms with Crippen molar-refractivity contribution in [3.8, 4) is 0 Å². The molecule has 1 heteroatoms. The Morgan fingerprint density at radius 3 is 2.71 bits per heavy atom. The molecular weight excluding hydrogens is 206 g/mol. The summed E-state index contributed by atoms with van der Waals surface area (Å²) < 4.78 is 0. The summed E-state index contributed by atoms with van der Waals surface area (Å²) in [5, 5.41) is 0. The number of allylic oxidation sites excluding steroid dienone is 1. The highest BCUT2D eigenvalue weighted by atomic mass is 14.7. The lowest BCUT2D eigenvalue weighted by Gasteiger charge is -2.17. The van der Waals surface area contributed by atoms with E-state index in [9.17, 15) is 0 Å². The number of nitrogens with zero attached hydrogens (tertiary/aromatic N) is 1. The van der Waals surface area contributed by atoms with E-state index in [4.69, 9.17) is 0 Å². The van der Waals surface area contributed by atoms with Gasteiger partial charge in [0.25, 0.3) is 0 Å². The van der Waals surface area contributed by atoms with E-state index in [1.165, 1.54) is 28.8 Å². The second-order valence-electron chi connectivity index (χ2n) is 4.44. The molecule has 84 valence electrons. The van der Waals surface area contributed by atoms with Crippen LogP contribution >= 0.6 is 0 Å². The number of benzene rings is 1. The molecule has 0 amide bonds. The summed E-state index contributed by atoms with van der Waals surface area (Å²) in [6, 6.07) is 14.7. The summed E-state index contributed by atoms with van der Waals surface area (Å²) in [6.07, 6.45) is 7.69. The molecule has 0 fully saturated rings. The molecule has 1 nitrogen and oxygen atoms in total. The summed E-state index contributed by atoms with van der Waals surface area (Å²) >= 11 is 0. The van der Waals surface area contributed by atoms with E-state index in [0.29, 0.717) is 0 Å². The molecule has 0 unspecified atom stereocenters. The van der Waals surface area contributed by atoms with Crippen LogP contribution in [-0.2, 0) is 6.42 Å². The smallest absolute Gasteiger partial charge is 0.0693 e. The standard InChI is InChI=1S/C16H15N/c1-2-6-13(7-3-1)12-15-9-4-8-14-10-5-11-17-16(14)15/h1-3,5-7,10-12H,4,8-9H2/b15-12+. The molecule has 0 atom stereocenters. The number of aryl methyl sites for hydroxylation is 1. The van der Waals surface area contributed by atoms with Gasteiger partial charge >= 0.3 is 0 Å². The zero-order chi connectivity index (χ0) is 11.5. The van der Waals surface area contributed by atoms with Crippen molar-refractivity contribution in [1.29, 1.82) is 0 Å². The van der Waals surface area contributed by atoms with Gasteiger partial charge in [-0.1, -0.05) is 36.4 Å². The number of aromatic nitrogens is 1. The summed E-state index contributed by atoms with van der Waals surface area (Å²) in [4.78, 5) is 4.53. The average Bonchev–Trinajstić information content (AvgIpc) is 2.40. The van der Waals surface area contributed by atoms with Crippen molar-refractivity contribution in [2.75, 3.05) is 0 Å². The van der Waals surface area contributed by atoms with E-state index >= 15 is 0 Å². The van der Waals surface area contributed by atoms with Crippen molar-refractivity contribution >= 4 is 11.6 Å². The molecule has 1 aromatic heterocycles. The Labute approximate surface area is 102 Å². The topological polar surface area (TPSA) is 12.9 Å². The first kappa shape index (κ1) is 10.3. The molecule has 17 heavy (non-hydrogen) atoms. The van der Waals surface area contributed by atoms with Gasteiger partial charge in [0.15, 0.2) is 0 Å². The van der Waals surface area contributed by atoms with E-state index in [1.807, 2.05) is 12.3 Å². The van der Waals surface area contributed by atoms with Gasteiger partial charge in [0.05, 0.1) is 5.69 Å². The van der Waals surface area contributed by atoms with Gasteiger partial charge in [0.1, 0.15) is 0 Å². The SMILES string of the molecule is C(=C1/CCCc2cccnc21)/c1ccccc1. The van der Waals surface area contributed by atoms with Crippen molar-refractivity contribution in [3.63, 3.8) is 0 Å². The van der Waals surface area contributed by atoms with Crippen LogP contribution in [0.5, 0.6) is 0 Å². The van der Waals surface area contributed by atoms with Crippen LogP contribution in [-0.4, -0.2) is 4.98 Å². The Morgan fingerprint density at radius 2 is 1.82 bits per heavy atom. The minimum absolute atomic E-state index is 1.14. The van der Waals surface area contributed by atoms with Crippen molar-refractivity contribution < 1.29 is 0 Å². The predicted octanol–water partition coefficient (Wildman–Crippen LogP) is 3.96. The maximum atomic E-state index is 4.53. The molecule has 0 aliphatic heterocycles.